The number of nitrogens with zero attached hydrogens (tertiary/aromatic N) is 1. The highest BCUT2D eigenvalue weighted by Crippen LogP contribution is 2.39. The molecule has 5 heteroatoms. The molecule has 0 aliphatic rings. The maximum absolute atomic E-state index is 10.5. The van der Waals surface area contributed by atoms with E-state index in [4.69, 9.17) is 10.8 Å². The average molecular weight is 222 g/mol. The highest BCUT2D eigenvalue weighted by atomic mass is 32.3. The normalized spacial score (nSPS) is 15.6. The second-order valence-corrected chi connectivity index (χ2v) is 8.54. The molecule has 4 nitrogen and oxygen atoms in total. The molecule has 14 heavy (non-hydrogen) atoms. The fourth-order valence-electron chi connectivity index (χ4n) is 1.04. The predicted octanol–water partition coefficient (Wildman–Crippen LogP) is 0.372. The number of aliphatic carboxylic acids is 1. The first-order chi connectivity index (χ1) is 6.28. The van der Waals surface area contributed by atoms with E-state index in [1.54, 1.807) is 11.9 Å². The van der Waals surface area contributed by atoms with E-state index in [9.17, 15) is 4.79 Å². The molecule has 86 valence electrons. The molecular formula is C9H22N2O2S. The van der Waals surface area contributed by atoms with Crippen LogP contribution in [0.2, 0.25) is 0 Å². The molecule has 0 rings (SSSR count). The SMILES string of the molecule is CCS(C)(C)CC(N)N(C)CC(=O)O. The van der Waals surface area contributed by atoms with E-state index in [0.717, 1.165) is 11.5 Å². The zero-order valence-electron chi connectivity index (χ0n) is 9.49. The molecule has 3 N–H and O–H groups in total. The molecule has 0 saturated heterocycles. The van der Waals surface area contributed by atoms with Gasteiger partial charge < -0.3 is 10.8 Å². The van der Waals surface area contributed by atoms with Crippen molar-refractivity contribution >= 4 is 16.0 Å². The van der Waals surface area contributed by atoms with Gasteiger partial charge in [0.05, 0.1) is 12.7 Å². The van der Waals surface area contributed by atoms with Gasteiger partial charge in [-0.05, 0) is 25.3 Å². The van der Waals surface area contributed by atoms with Crippen LogP contribution in [0.15, 0.2) is 0 Å². The molecule has 1 unspecified atom stereocenters. The van der Waals surface area contributed by atoms with Gasteiger partial charge >= 0.3 is 5.97 Å². The molecule has 0 aromatic carbocycles. The lowest BCUT2D eigenvalue weighted by atomic mass is 10.5. The minimum Gasteiger partial charge on any atom is -0.480 e. The van der Waals surface area contributed by atoms with Crippen LogP contribution in [0.1, 0.15) is 6.92 Å². The van der Waals surface area contributed by atoms with E-state index in [2.05, 4.69) is 19.4 Å². The molecule has 0 spiro atoms. The van der Waals surface area contributed by atoms with Gasteiger partial charge in [0.25, 0.3) is 0 Å². The highest BCUT2D eigenvalue weighted by molar-refractivity contribution is 8.32. The average Bonchev–Trinajstić information content (AvgIpc) is 2.02. The Labute approximate surface area is 87.8 Å². The Morgan fingerprint density at radius 1 is 1.57 bits per heavy atom. The van der Waals surface area contributed by atoms with Crippen molar-refractivity contribution in [1.29, 1.82) is 0 Å². The zero-order chi connectivity index (χ0) is 11.4. The van der Waals surface area contributed by atoms with Gasteiger partial charge in [-0.25, -0.2) is 10.0 Å². The summed E-state index contributed by atoms with van der Waals surface area (Å²) in [6, 6.07) is 0. The number of rotatable bonds is 6. The molecule has 1 atom stereocenters. The molecule has 0 bridgehead atoms. The van der Waals surface area contributed by atoms with E-state index in [1.807, 2.05) is 0 Å². The molecule has 0 aliphatic carbocycles. The number of carboxylic acids is 1. The Hall–Kier alpha value is -0.260. The van der Waals surface area contributed by atoms with E-state index < -0.39 is 16.0 Å². The second kappa shape index (κ2) is 5.58. The summed E-state index contributed by atoms with van der Waals surface area (Å²) in [5.41, 5.74) is 5.91. The van der Waals surface area contributed by atoms with Crippen LogP contribution in [0.25, 0.3) is 0 Å². The topological polar surface area (TPSA) is 66.6 Å². The largest absolute Gasteiger partial charge is 0.480 e. The Balaban J connectivity index is 4.06. The Kier molecular flexibility index (Phi) is 5.48. The standard InChI is InChI=1S/C9H22N2O2S/c1-5-14(3,4)7-8(10)11(2)6-9(12)13/h8H,5-7,10H2,1-4H3,(H,12,13). The number of carbonyl (C=O) groups is 1. The van der Waals surface area contributed by atoms with Crippen molar-refractivity contribution in [3.63, 3.8) is 0 Å². The zero-order valence-corrected chi connectivity index (χ0v) is 10.3. The Morgan fingerprint density at radius 2 is 2.07 bits per heavy atom. The van der Waals surface area contributed by atoms with Gasteiger partial charge in [0.15, 0.2) is 0 Å². The summed E-state index contributed by atoms with van der Waals surface area (Å²) in [6.45, 7) is 2.17. The van der Waals surface area contributed by atoms with Crippen molar-refractivity contribution in [2.75, 3.05) is 37.6 Å². The number of hydrogen-bond donors (Lipinski definition) is 2. The highest BCUT2D eigenvalue weighted by Gasteiger charge is 2.18. The quantitative estimate of drug-likeness (QED) is 0.637. The van der Waals surface area contributed by atoms with Crippen molar-refractivity contribution < 1.29 is 9.90 Å². The van der Waals surface area contributed by atoms with E-state index in [1.165, 1.54) is 0 Å². The summed E-state index contributed by atoms with van der Waals surface area (Å²) in [5.74, 6) is 1.20. The molecule has 0 aliphatic heterocycles. The fraction of sp³-hybridized carbons (Fsp3) is 0.889. The van der Waals surface area contributed by atoms with Gasteiger partial charge in [-0.15, -0.1) is 0 Å². The third-order valence-electron chi connectivity index (χ3n) is 2.35. The Morgan fingerprint density at radius 3 is 2.43 bits per heavy atom. The first kappa shape index (κ1) is 13.7. The van der Waals surface area contributed by atoms with E-state index in [-0.39, 0.29) is 12.7 Å². The van der Waals surface area contributed by atoms with E-state index in [0.29, 0.717) is 0 Å². The second-order valence-electron chi connectivity index (χ2n) is 4.10. The van der Waals surface area contributed by atoms with Crippen LogP contribution >= 0.6 is 10.0 Å². The number of likely N-dealkylation sites (N-methyl/N-ethyl adjacent to an activating group) is 1. The van der Waals surface area contributed by atoms with Crippen LogP contribution in [0.5, 0.6) is 0 Å². The minimum absolute atomic E-state index is 0.0143. The van der Waals surface area contributed by atoms with Crippen LogP contribution in [-0.4, -0.2) is 59.8 Å². The number of nitrogens with two attached hydrogens (primary N) is 1. The van der Waals surface area contributed by atoms with E-state index >= 15 is 0 Å². The lowest BCUT2D eigenvalue weighted by molar-refractivity contribution is -0.138. The summed E-state index contributed by atoms with van der Waals surface area (Å²) in [6.07, 6.45) is 4.30. The lowest BCUT2D eigenvalue weighted by Gasteiger charge is -2.35. The molecule has 0 radical (unpaired) electrons. The number of carboxylic acid groups (broad SMARTS) is 1. The first-order valence-electron chi connectivity index (χ1n) is 4.65. The molecule has 0 heterocycles. The van der Waals surface area contributed by atoms with Crippen molar-refractivity contribution in [3.8, 4) is 0 Å². The minimum atomic E-state index is -0.827. The molecule has 0 amide bonds. The van der Waals surface area contributed by atoms with Gasteiger partial charge in [0, 0.05) is 5.75 Å². The summed E-state index contributed by atoms with van der Waals surface area (Å²) in [7, 11) is 1.09. The van der Waals surface area contributed by atoms with Gasteiger partial charge in [-0.3, -0.25) is 9.69 Å². The summed E-state index contributed by atoms with van der Waals surface area (Å²) >= 11 is 0. The van der Waals surface area contributed by atoms with Crippen LogP contribution in [-0.2, 0) is 4.79 Å². The van der Waals surface area contributed by atoms with Crippen LogP contribution < -0.4 is 5.73 Å². The predicted molar refractivity (Wildman–Crippen MR) is 63.1 cm³/mol. The molecule has 0 fully saturated rings. The maximum atomic E-state index is 10.5. The molecule has 0 aromatic heterocycles. The summed E-state index contributed by atoms with van der Waals surface area (Å²) in [5, 5.41) is 8.60. The first-order valence-corrected chi connectivity index (χ1v) is 7.43. The van der Waals surface area contributed by atoms with Crippen molar-refractivity contribution in [2.24, 2.45) is 5.73 Å². The molecule has 0 aromatic rings. The fourth-order valence-corrected chi connectivity index (χ4v) is 2.45. The summed E-state index contributed by atoms with van der Waals surface area (Å²) in [4.78, 5) is 12.1. The van der Waals surface area contributed by atoms with Gasteiger partial charge in [0.1, 0.15) is 0 Å². The number of hydrogen-bond acceptors (Lipinski definition) is 3. The van der Waals surface area contributed by atoms with Crippen molar-refractivity contribution in [3.05, 3.63) is 0 Å². The Bertz CT molecular complexity index is 197. The monoisotopic (exact) mass is 222 g/mol. The lowest BCUT2D eigenvalue weighted by Crippen LogP contribution is -2.45. The maximum Gasteiger partial charge on any atom is 0.317 e. The van der Waals surface area contributed by atoms with Gasteiger partial charge in [0.2, 0.25) is 0 Å². The van der Waals surface area contributed by atoms with Crippen molar-refractivity contribution in [1.82, 2.24) is 4.90 Å². The van der Waals surface area contributed by atoms with Crippen LogP contribution in [0.3, 0.4) is 0 Å². The van der Waals surface area contributed by atoms with Gasteiger partial charge in [-0.2, -0.15) is 0 Å². The smallest absolute Gasteiger partial charge is 0.317 e. The van der Waals surface area contributed by atoms with Crippen LogP contribution in [0.4, 0.5) is 0 Å². The van der Waals surface area contributed by atoms with Crippen molar-refractivity contribution in [2.45, 2.75) is 13.1 Å². The third kappa shape index (κ3) is 5.47. The molecule has 0 saturated carbocycles. The van der Waals surface area contributed by atoms with Gasteiger partial charge in [-0.1, -0.05) is 6.92 Å². The summed E-state index contributed by atoms with van der Waals surface area (Å²) < 4.78 is 0. The molecular weight excluding hydrogens is 200 g/mol. The van der Waals surface area contributed by atoms with Crippen LogP contribution in [0, 0.1) is 0 Å². The third-order valence-corrected chi connectivity index (χ3v) is 5.16.